The Labute approximate surface area is 143 Å². The summed E-state index contributed by atoms with van der Waals surface area (Å²) in [6.07, 6.45) is 5.55. The number of pyridine rings is 1. The topological polar surface area (TPSA) is 71.3 Å². The lowest BCUT2D eigenvalue weighted by molar-refractivity contribution is -0.383. The molecule has 3 rings (SSSR count). The van der Waals surface area contributed by atoms with Crippen LogP contribution in [0.4, 0.5) is 5.69 Å². The average molecular weight is 330 g/mol. The van der Waals surface area contributed by atoms with Gasteiger partial charge >= 0.3 is 0 Å². The van der Waals surface area contributed by atoms with E-state index in [1.807, 2.05) is 12.1 Å². The Hall–Kier alpha value is -2.05. The normalized spacial score (nSPS) is 19.3. The van der Waals surface area contributed by atoms with Crippen LogP contribution in [0.5, 0.6) is 0 Å². The van der Waals surface area contributed by atoms with Crippen molar-refractivity contribution in [3.63, 3.8) is 0 Å². The second-order valence-electron chi connectivity index (χ2n) is 6.16. The number of nitrogens with one attached hydrogen (secondary N) is 1. The van der Waals surface area contributed by atoms with Gasteiger partial charge in [0.05, 0.1) is 10.3 Å². The van der Waals surface area contributed by atoms with Gasteiger partial charge in [-0.05, 0) is 38.9 Å². The van der Waals surface area contributed by atoms with Crippen LogP contribution in [0.2, 0.25) is 0 Å². The SMILES string of the molecule is C.C[C@@H]1CNCCCCN1Cc1ccc2cnccc2c1[N+](=O)[O-]. The molecule has 24 heavy (non-hydrogen) atoms. The van der Waals surface area contributed by atoms with E-state index in [0.29, 0.717) is 18.0 Å². The molecule has 0 aliphatic carbocycles. The number of nitro groups is 1. The fraction of sp³-hybridized carbons (Fsp3) is 0.500. The first-order valence-corrected chi connectivity index (χ1v) is 8.11. The summed E-state index contributed by atoms with van der Waals surface area (Å²) < 4.78 is 0. The third-order valence-electron chi connectivity index (χ3n) is 4.54. The molecule has 1 N–H and O–H groups in total. The number of rotatable bonds is 3. The molecule has 1 aromatic heterocycles. The van der Waals surface area contributed by atoms with Gasteiger partial charge < -0.3 is 5.32 Å². The van der Waals surface area contributed by atoms with Crippen molar-refractivity contribution in [3.8, 4) is 0 Å². The summed E-state index contributed by atoms with van der Waals surface area (Å²) in [7, 11) is 0. The molecule has 1 aromatic carbocycles. The lowest BCUT2D eigenvalue weighted by Gasteiger charge is -2.31. The summed E-state index contributed by atoms with van der Waals surface area (Å²) in [5, 5.41) is 16.5. The molecule has 0 spiro atoms. The van der Waals surface area contributed by atoms with E-state index in [-0.39, 0.29) is 18.0 Å². The Morgan fingerprint density at radius 3 is 3.00 bits per heavy atom. The predicted octanol–water partition coefficient (Wildman–Crippen LogP) is 3.35. The fourth-order valence-electron chi connectivity index (χ4n) is 3.22. The monoisotopic (exact) mass is 330 g/mol. The van der Waals surface area contributed by atoms with Crippen LogP contribution in [0.25, 0.3) is 10.8 Å². The Bertz CT molecular complexity index is 704. The summed E-state index contributed by atoms with van der Waals surface area (Å²) >= 11 is 0. The molecule has 1 atom stereocenters. The quantitative estimate of drug-likeness (QED) is 0.690. The van der Waals surface area contributed by atoms with Crippen molar-refractivity contribution in [2.24, 2.45) is 0 Å². The van der Waals surface area contributed by atoms with Crippen LogP contribution >= 0.6 is 0 Å². The molecule has 1 fully saturated rings. The zero-order valence-corrected chi connectivity index (χ0v) is 13.4. The highest BCUT2D eigenvalue weighted by Crippen LogP contribution is 2.30. The van der Waals surface area contributed by atoms with Crippen LogP contribution in [0.15, 0.2) is 30.6 Å². The lowest BCUT2D eigenvalue weighted by Crippen LogP contribution is -2.42. The van der Waals surface area contributed by atoms with Crippen molar-refractivity contribution in [1.29, 1.82) is 0 Å². The van der Waals surface area contributed by atoms with Gasteiger partial charge in [0.1, 0.15) is 0 Å². The van der Waals surface area contributed by atoms with E-state index >= 15 is 0 Å². The van der Waals surface area contributed by atoms with Crippen molar-refractivity contribution < 1.29 is 4.92 Å². The molecule has 2 aromatic rings. The smallest absolute Gasteiger partial charge is 0.281 e. The Morgan fingerprint density at radius 1 is 1.38 bits per heavy atom. The summed E-state index contributed by atoms with van der Waals surface area (Å²) in [6.45, 7) is 5.74. The fourth-order valence-corrected chi connectivity index (χ4v) is 3.22. The van der Waals surface area contributed by atoms with Crippen LogP contribution in [0, 0.1) is 10.1 Å². The van der Waals surface area contributed by atoms with Gasteiger partial charge in [0.2, 0.25) is 0 Å². The summed E-state index contributed by atoms with van der Waals surface area (Å²) in [5.74, 6) is 0. The van der Waals surface area contributed by atoms with Crippen molar-refractivity contribution in [3.05, 3.63) is 46.3 Å². The van der Waals surface area contributed by atoms with Crippen LogP contribution in [-0.2, 0) is 6.54 Å². The van der Waals surface area contributed by atoms with Crippen LogP contribution in [-0.4, -0.2) is 40.5 Å². The number of benzene rings is 1. The highest BCUT2D eigenvalue weighted by molar-refractivity contribution is 5.91. The minimum atomic E-state index is -0.259. The number of fused-ring (bicyclic) bond motifs is 1. The molecule has 0 bridgehead atoms. The maximum atomic E-state index is 11.6. The van der Waals surface area contributed by atoms with Gasteiger partial charge in [0.15, 0.2) is 0 Å². The van der Waals surface area contributed by atoms with Crippen molar-refractivity contribution >= 4 is 16.5 Å². The summed E-state index contributed by atoms with van der Waals surface area (Å²) in [6, 6.07) is 5.90. The van der Waals surface area contributed by atoms with Gasteiger partial charge in [0, 0.05) is 42.5 Å². The molecule has 2 heterocycles. The first-order valence-electron chi connectivity index (χ1n) is 8.11. The van der Waals surface area contributed by atoms with Gasteiger partial charge in [-0.2, -0.15) is 0 Å². The maximum absolute atomic E-state index is 11.6. The van der Waals surface area contributed by atoms with Gasteiger partial charge in [0.25, 0.3) is 5.69 Å². The van der Waals surface area contributed by atoms with E-state index < -0.39 is 0 Å². The van der Waals surface area contributed by atoms with E-state index in [1.54, 1.807) is 18.5 Å². The van der Waals surface area contributed by atoms with E-state index in [1.165, 1.54) is 0 Å². The molecule has 6 heteroatoms. The molecule has 0 saturated carbocycles. The summed E-state index contributed by atoms with van der Waals surface area (Å²) in [5.41, 5.74) is 0.994. The lowest BCUT2D eigenvalue weighted by atomic mass is 10.0. The number of nitro benzene ring substituents is 1. The number of aromatic nitrogens is 1. The highest BCUT2D eigenvalue weighted by atomic mass is 16.6. The molecule has 1 saturated heterocycles. The summed E-state index contributed by atoms with van der Waals surface area (Å²) in [4.78, 5) is 17.8. The van der Waals surface area contributed by atoms with E-state index in [4.69, 9.17) is 0 Å². The zero-order chi connectivity index (χ0) is 16.2. The third kappa shape index (κ3) is 3.88. The molecule has 1 aliphatic heterocycles. The number of nitrogens with zero attached hydrogens (tertiary/aromatic N) is 3. The molecule has 0 radical (unpaired) electrons. The van der Waals surface area contributed by atoms with Crippen molar-refractivity contribution in [1.82, 2.24) is 15.2 Å². The maximum Gasteiger partial charge on any atom is 0.281 e. The molecule has 6 nitrogen and oxygen atoms in total. The van der Waals surface area contributed by atoms with Crippen LogP contribution < -0.4 is 5.32 Å². The van der Waals surface area contributed by atoms with E-state index in [0.717, 1.165) is 43.4 Å². The Balaban J connectivity index is 0.00000208. The Kier molecular flexibility index (Phi) is 6.23. The second-order valence-corrected chi connectivity index (χ2v) is 6.16. The minimum Gasteiger partial charge on any atom is -0.315 e. The number of hydrogen-bond donors (Lipinski definition) is 1. The van der Waals surface area contributed by atoms with Crippen LogP contribution in [0.3, 0.4) is 0 Å². The van der Waals surface area contributed by atoms with Gasteiger partial charge in [-0.15, -0.1) is 0 Å². The first-order chi connectivity index (χ1) is 11.2. The molecule has 0 unspecified atom stereocenters. The van der Waals surface area contributed by atoms with Gasteiger partial charge in [-0.1, -0.05) is 19.6 Å². The van der Waals surface area contributed by atoms with Crippen molar-refractivity contribution in [2.75, 3.05) is 19.6 Å². The minimum absolute atomic E-state index is 0. The number of hydrogen-bond acceptors (Lipinski definition) is 5. The largest absolute Gasteiger partial charge is 0.315 e. The molecular formula is C18H26N4O2. The van der Waals surface area contributed by atoms with Crippen LogP contribution in [0.1, 0.15) is 32.8 Å². The molecule has 0 amide bonds. The molecule has 1 aliphatic rings. The van der Waals surface area contributed by atoms with Gasteiger partial charge in [-0.25, -0.2) is 0 Å². The average Bonchev–Trinajstić information content (AvgIpc) is 2.54. The zero-order valence-electron chi connectivity index (χ0n) is 13.4. The van der Waals surface area contributed by atoms with E-state index in [9.17, 15) is 10.1 Å². The standard InChI is InChI=1S/C17H22N4O2.CH4/c1-13-10-18-7-2-3-9-20(13)12-15-5-4-14-11-19-8-6-16(14)17(15)21(22)23;/h4-6,8,11,13,18H,2-3,7,9-10,12H2,1H3;1H4/t13-;/m1./s1. The third-order valence-corrected chi connectivity index (χ3v) is 4.54. The van der Waals surface area contributed by atoms with Crippen molar-refractivity contribution in [2.45, 2.75) is 39.8 Å². The van der Waals surface area contributed by atoms with E-state index in [2.05, 4.69) is 22.1 Å². The molecule has 130 valence electrons. The molecular weight excluding hydrogens is 304 g/mol. The van der Waals surface area contributed by atoms with Gasteiger partial charge in [-0.3, -0.25) is 20.0 Å². The highest BCUT2D eigenvalue weighted by Gasteiger charge is 2.23. The first kappa shape index (κ1) is 18.3. The Morgan fingerprint density at radius 2 is 2.21 bits per heavy atom. The predicted molar refractivity (Wildman–Crippen MR) is 97.1 cm³/mol. The second kappa shape index (κ2) is 8.17.